The van der Waals surface area contributed by atoms with E-state index < -0.39 is 6.10 Å². The molecule has 0 aromatic heterocycles. The van der Waals surface area contributed by atoms with Gasteiger partial charge in [0, 0.05) is 18.7 Å². The Morgan fingerprint density at radius 2 is 1.77 bits per heavy atom. The van der Waals surface area contributed by atoms with Gasteiger partial charge >= 0.3 is 0 Å². The molecule has 3 aromatic carbocycles. The van der Waals surface area contributed by atoms with Gasteiger partial charge in [0.2, 0.25) is 5.91 Å². The van der Waals surface area contributed by atoms with Crippen molar-refractivity contribution >= 4 is 17.5 Å². The third kappa shape index (κ3) is 5.53. The van der Waals surface area contributed by atoms with E-state index in [0.29, 0.717) is 30.8 Å². The van der Waals surface area contributed by atoms with Gasteiger partial charge < -0.3 is 15.0 Å². The molecule has 1 heterocycles. The molecule has 0 spiro atoms. The molecule has 2 atom stereocenters. The molecule has 35 heavy (non-hydrogen) atoms. The molecule has 0 radical (unpaired) electrons. The van der Waals surface area contributed by atoms with Gasteiger partial charge in [-0.15, -0.1) is 0 Å². The van der Waals surface area contributed by atoms with Gasteiger partial charge in [-0.1, -0.05) is 49.7 Å². The van der Waals surface area contributed by atoms with Crippen LogP contribution in [0.15, 0.2) is 66.7 Å². The molecule has 0 saturated carbocycles. The average molecular weight is 475 g/mol. The van der Waals surface area contributed by atoms with Crippen LogP contribution >= 0.6 is 0 Å². The summed E-state index contributed by atoms with van der Waals surface area (Å²) in [5, 5.41) is 2.79. The van der Waals surface area contributed by atoms with Gasteiger partial charge in [0.15, 0.2) is 6.10 Å². The predicted octanol–water partition coefficient (Wildman–Crippen LogP) is 5.81. The van der Waals surface area contributed by atoms with Crippen LogP contribution in [0.2, 0.25) is 0 Å². The summed E-state index contributed by atoms with van der Waals surface area (Å²) in [6.07, 6.45) is 0.959. The third-order valence-corrected chi connectivity index (χ3v) is 6.41. The lowest BCUT2D eigenvalue weighted by atomic mass is 9.87. The van der Waals surface area contributed by atoms with Crippen LogP contribution in [-0.2, 0) is 16.0 Å². The highest BCUT2D eigenvalue weighted by atomic mass is 19.1. The van der Waals surface area contributed by atoms with Crippen molar-refractivity contribution in [3.8, 4) is 5.75 Å². The lowest BCUT2D eigenvalue weighted by molar-refractivity contribution is -0.133. The fourth-order valence-electron chi connectivity index (χ4n) is 4.49. The van der Waals surface area contributed by atoms with Crippen LogP contribution in [0.5, 0.6) is 5.75 Å². The zero-order chi connectivity index (χ0) is 24.9. The lowest BCUT2D eigenvalue weighted by Gasteiger charge is -2.38. The Balaban J connectivity index is 1.61. The van der Waals surface area contributed by atoms with Crippen LogP contribution < -0.4 is 10.1 Å². The van der Waals surface area contributed by atoms with E-state index in [1.165, 1.54) is 29.8 Å². The molecule has 6 heteroatoms. The number of carbonyl (C=O) groups excluding carboxylic acids is 2. The summed E-state index contributed by atoms with van der Waals surface area (Å²) in [6, 6.07) is 19.6. The number of amides is 2. The van der Waals surface area contributed by atoms with Crippen molar-refractivity contribution in [1.29, 1.82) is 0 Å². The van der Waals surface area contributed by atoms with Gasteiger partial charge in [-0.3, -0.25) is 9.59 Å². The molecule has 1 aliphatic heterocycles. The molecule has 0 fully saturated rings. The summed E-state index contributed by atoms with van der Waals surface area (Å²) in [5.74, 6) is 0.0270. The number of carbonyl (C=O) groups is 2. The zero-order valence-electron chi connectivity index (χ0n) is 20.4. The Kier molecular flexibility index (Phi) is 7.49. The number of hydrogen-bond acceptors (Lipinski definition) is 3. The van der Waals surface area contributed by atoms with Crippen molar-refractivity contribution in [3.63, 3.8) is 0 Å². The van der Waals surface area contributed by atoms with Crippen molar-refractivity contribution in [3.05, 3.63) is 94.8 Å². The van der Waals surface area contributed by atoms with Gasteiger partial charge in [0.05, 0.1) is 6.04 Å². The quantitative estimate of drug-likeness (QED) is 0.470. The summed E-state index contributed by atoms with van der Waals surface area (Å²) >= 11 is 0. The van der Waals surface area contributed by atoms with E-state index in [-0.39, 0.29) is 23.7 Å². The summed E-state index contributed by atoms with van der Waals surface area (Å²) in [6.45, 7) is 6.47. The Morgan fingerprint density at radius 3 is 2.43 bits per heavy atom. The minimum absolute atomic E-state index is 0.109. The standard InChI is InChI=1S/C29H31FN2O3/c1-4-26(29(34)31-23-13-11-22(30)12-14-23)35-24-15-10-20-16-17-32(27(33)5-2)28(25(20)18-24)21-8-6-19(3)7-9-21/h6-15,18,26,28H,4-5,16-17H2,1-3H3,(H,31,34)/t26-,28+/m1/s1. The number of rotatable bonds is 7. The zero-order valence-corrected chi connectivity index (χ0v) is 20.4. The predicted molar refractivity (Wildman–Crippen MR) is 135 cm³/mol. The number of anilines is 1. The van der Waals surface area contributed by atoms with E-state index in [4.69, 9.17) is 4.74 Å². The summed E-state index contributed by atoms with van der Waals surface area (Å²) in [5.41, 5.74) is 4.92. The molecule has 1 aliphatic rings. The Morgan fingerprint density at radius 1 is 1.06 bits per heavy atom. The second kappa shape index (κ2) is 10.7. The second-order valence-electron chi connectivity index (χ2n) is 8.88. The molecule has 3 aromatic rings. The monoisotopic (exact) mass is 474 g/mol. The van der Waals surface area contributed by atoms with Crippen molar-refractivity contribution in [2.45, 2.75) is 52.2 Å². The number of hydrogen-bond donors (Lipinski definition) is 1. The minimum Gasteiger partial charge on any atom is -0.481 e. The molecular formula is C29H31FN2O3. The minimum atomic E-state index is -0.715. The summed E-state index contributed by atoms with van der Waals surface area (Å²) in [7, 11) is 0. The van der Waals surface area contributed by atoms with Crippen LogP contribution in [-0.4, -0.2) is 29.4 Å². The highest BCUT2D eigenvalue weighted by Crippen LogP contribution is 2.38. The molecule has 0 unspecified atom stereocenters. The first kappa shape index (κ1) is 24.5. The van der Waals surface area contributed by atoms with E-state index in [1.807, 2.05) is 43.9 Å². The molecule has 5 nitrogen and oxygen atoms in total. The maximum Gasteiger partial charge on any atom is 0.265 e. The number of nitrogens with one attached hydrogen (secondary N) is 1. The molecule has 0 saturated heterocycles. The van der Waals surface area contributed by atoms with Crippen LogP contribution in [0.4, 0.5) is 10.1 Å². The van der Waals surface area contributed by atoms with E-state index in [1.54, 1.807) is 0 Å². The van der Waals surface area contributed by atoms with Crippen LogP contribution in [0.1, 0.15) is 55.0 Å². The molecule has 4 rings (SSSR count). The highest BCUT2D eigenvalue weighted by Gasteiger charge is 2.32. The molecular weight excluding hydrogens is 443 g/mol. The molecule has 0 aliphatic carbocycles. The van der Waals surface area contributed by atoms with Gasteiger partial charge in [-0.05, 0) is 72.9 Å². The number of ether oxygens (including phenoxy) is 1. The maximum absolute atomic E-state index is 13.2. The number of fused-ring (bicyclic) bond motifs is 1. The fourth-order valence-corrected chi connectivity index (χ4v) is 4.49. The fraction of sp³-hybridized carbons (Fsp3) is 0.310. The number of aryl methyl sites for hydroxylation is 1. The SMILES string of the molecule is CCC(=O)N1CCc2ccc(O[C@H](CC)C(=O)Nc3ccc(F)cc3)cc2[C@@H]1c1ccc(C)cc1. The highest BCUT2D eigenvalue weighted by molar-refractivity contribution is 5.94. The molecule has 182 valence electrons. The Hall–Kier alpha value is -3.67. The second-order valence-corrected chi connectivity index (χ2v) is 8.88. The normalized spacial score (nSPS) is 15.8. The average Bonchev–Trinajstić information content (AvgIpc) is 2.87. The molecule has 0 bridgehead atoms. The Labute approximate surface area is 205 Å². The molecule has 2 amide bonds. The first-order valence-corrected chi connectivity index (χ1v) is 12.1. The number of nitrogens with zero attached hydrogens (tertiary/aromatic N) is 1. The largest absolute Gasteiger partial charge is 0.481 e. The summed E-state index contributed by atoms with van der Waals surface area (Å²) < 4.78 is 19.3. The topological polar surface area (TPSA) is 58.6 Å². The number of benzene rings is 3. The smallest absolute Gasteiger partial charge is 0.265 e. The van der Waals surface area contributed by atoms with Crippen LogP contribution in [0, 0.1) is 12.7 Å². The van der Waals surface area contributed by atoms with Gasteiger partial charge in [-0.25, -0.2) is 4.39 Å². The van der Waals surface area contributed by atoms with Crippen LogP contribution in [0.25, 0.3) is 0 Å². The Bertz CT molecular complexity index is 1190. The number of halogens is 1. The third-order valence-electron chi connectivity index (χ3n) is 6.41. The van der Waals surface area contributed by atoms with E-state index in [9.17, 15) is 14.0 Å². The maximum atomic E-state index is 13.2. The van der Waals surface area contributed by atoms with Crippen molar-refractivity contribution in [2.24, 2.45) is 0 Å². The van der Waals surface area contributed by atoms with Gasteiger partial charge in [-0.2, -0.15) is 0 Å². The van der Waals surface area contributed by atoms with Crippen LogP contribution in [0.3, 0.4) is 0 Å². The van der Waals surface area contributed by atoms with E-state index in [0.717, 1.165) is 23.1 Å². The van der Waals surface area contributed by atoms with Crippen molar-refractivity contribution in [1.82, 2.24) is 4.90 Å². The van der Waals surface area contributed by atoms with E-state index in [2.05, 4.69) is 29.6 Å². The van der Waals surface area contributed by atoms with Gasteiger partial charge in [0.1, 0.15) is 11.6 Å². The first-order valence-electron chi connectivity index (χ1n) is 12.1. The van der Waals surface area contributed by atoms with Gasteiger partial charge in [0.25, 0.3) is 5.91 Å². The van der Waals surface area contributed by atoms with Crippen molar-refractivity contribution < 1.29 is 18.7 Å². The molecule has 1 N–H and O–H groups in total. The lowest BCUT2D eigenvalue weighted by Crippen LogP contribution is -2.40. The van der Waals surface area contributed by atoms with Crippen molar-refractivity contribution in [2.75, 3.05) is 11.9 Å². The van der Waals surface area contributed by atoms with E-state index >= 15 is 0 Å². The summed E-state index contributed by atoms with van der Waals surface area (Å²) in [4.78, 5) is 27.6. The first-order chi connectivity index (χ1) is 16.9.